The molecule has 3 rings (SSSR count). The van der Waals surface area contributed by atoms with Crippen molar-refractivity contribution in [3.05, 3.63) is 71.2 Å². The number of amides is 1. The summed E-state index contributed by atoms with van der Waals surface area (Å²) < 4.78 is 5.26. The molecule has 0 spiro atoms. The van der Waals surface area contributed by atoms with Gasteiger partial charge in [0.15, 0.2) is 0 Å². The van der Waals surface area contributed by atoms with Crippen molar-refractivity contribution in [3.63, 3.8) is 0 Å². The Labute approximate surface area is 168 Å². The molecule has 2 aromatic carbocycles. The first-order chi connectivity index (χ1) is 13.2. The first kappa shape index (κ1) is 19.5. The first-order valence-electron chi connectivity index (χ1n) is 8.72. The molecule has 27 heavy (non-hydrogen) atoms. The van der Waals surface area contributed by atoms with E-state index in [2.05, 4.69) is 27.8 Å². The number of rotatable bonds is 9. The largest absolute Gasteiger partial charge is 0.497 e. The van der Waals surface area contributed by atoms with Crippen molar-refractivity contribution in [2.75, 3.05) is 19.4 Å². The number of thiazole rings is 1. The van der Waals surface area contributed by atoms with Gasteiger partial charge in [0, 0.05) is 23.2 Å². The van der Waals surface area contributed by atoms with Crippen molar-refractivity contribution < 1.29 is 9.53 Å². The summed E-state index contributed by atoms with van der Waals surface area (Å²) in [4.78, 5) is 16.6. The van der Waals surface area contributed by atoms with Gasteiger partial charge in [-0.25, -0.2) is 4.98 Å². The second-order valence-electron chi connectivity index (χ2n) is 5.95. The van der Waals surface area contributed by atoms with Gasteiger partial charge in [0.25, 0.3) is 0 Å². The second-order valence-corrected chi connectivity index (χ2v) is 7.80. The van der Waals surface area contributed by atoms with Crippen LogP contribution in [0.4, 0.5) is 0 Å². The van der Waals surface area contributed by atoms with Crippen molar-refractivity contribution in [3.8, 4) is 16.3 Å². The lowest BCUT2D eigenvalue weighted by Crippen LogP contribution is -2.27. The number of nitrogens with one attached hydrogen (secondary N) is 1. The summed E-state index contributed by atoms with van der Waals surface area (Å²) in [5.74, 6) is 2.07. The molecular formula is C21H22N2O2S2. The number of nitrogens with zero attached hydrogens (tertiary/aromatic N) is 1. The minimum absolute atomic E-state index is 0.0687. The quantitative estimate of drug-likeness (QED) is 0.580. The normalized spacial score (nSPS) is 10.6. The number of methoxy groups -OCH3 is 1. The predicted molar refractivity (Wildman–Crippen MR) is 113 cm³/mol. The van der Waals surface area contributed by atoms with Crippen LogP contribution in [-0.2, 0) is 17.0 Å². The third kappa shape index (κ3) is 6.12. The van der Waals surface area contributed by atoms with E-state index < -0.39 is 0 Å². The number of carbonyl (C=O) groups is 1. The summed E-state index contributed by atoms with van der Waals surface area (Å²) in [6.07, 6.45) is 0.854. The molecule has 0 fully saturated rings. The Morgan fingerprint density at radius 1 is 1.19 bits per heavy atom. The fourth-order valence-corrected chi connectivity index (χ4v) is 4.22. The van der Waals surface area contributed by atoms with Crippen molar-refractivity contribution >= 4 is 29.0 Å². The Morgan fingerprint density at radius 3 is 2.85 bits per heavy atom. The molecule has 6 heteroatoms. The molecule has 1 N–H and O–H groups in total. The zero-order chi connectivity index (χ0) is 18.9. The summed E-state index contributed by atoms with van der Waals surface area (Å²) >= 11 is 3.20. The zero-order valence-corrected chi connectivity index (χ0v) is 16.8. The third-order valence-corrected chi connectivity index (χ3v) is 5.84. The molecule has 1 heterocycles. The Balaban J connectivity index is 1.40. The van der Waals surface area contributed by atoms with Gasteiger partial charge in [-0.1, -0.05) is 42.5 Å². The van der Waals surface area contributed by atoms with E-state index in [4.69, 9.17) is 4.74 Å². The van der Waals surface area contributed by atoms with Gasteiger partial charge in [0.1, 0.15) is 10.8 Å². The van der Waals surface area contributed by atoms with Gasteiger partial charge < -0.3 is 10.1 Å². The second kappa shape index (κ2) is 10.1. The minimum Gasteiger partial charge on any atom is -0.497 e. The van der Waals surface area contributed by atoms with E-state index in [-0.39, 0.29) is 5.91 Å². The minimum atomic E-state index is 0.0687. The molecule has 0 aliphatic rings. The maximum absolute atomic E-state index is 12.0. The van der Waals surface area contributed by atoms with Crippen LogP contribution in [-0.4, -0.2) is 30.3 Å². The van der Waals surface area contributed by atoms with Crippen LogP contribution in [0.1, 0.15) is 11.3 Å². The summed E-state index contributed by atoms with van der Waals surface area (Å²) in [5.41, 5.74) is 3.28. The maximum atomic E-state index is 12.0. The van der Waals surface area contributed by atoms with Gasteiger partial charge in [0.2, 0.25) is 5.91 Å². The highest BCUT2D eigenvalue weighted by atomic mass is 32.2. The molecule has 0 unspecified atom stereocenters. The van der Waals surface area contributed by atoms with Gasteiger partial charge in [-0.2, -0.15) is 0 Å². The van der Waals surface area contributed by atoms with Crippen LogP contribution in [0.25, 0.3) is 10.6 Å². The highest BCUT2D eigenvalue weighted by molar-refractivity contribution is 7.99. The highest BCUT2D eigenvalue weighted by Crippen LogP contribution is 2.28. The van der Waals surface area contributed by atoms with Gasteiger partial charge in [-0.3, -0.25) is 4.79 Å². The van der Waals surface area contributed by atoms with Crippen molar-refractivity contribution in [1.29, 1.82) is 0 Å². The molecule has 140 valence electrons. The van der Waals surface area contributed by atoms with Crippen LogP contribution in [0, 0.1) is 0 Å². The van der Waals surface area contributed by atoms with Gasteiger partial charge in [0.05, 0.1) is 18.6 Å². The Morgan fingerprint density at radius 2 is 2.04 bits per heavy atom. The standard InChI is InChI=1S/C21H22N2O2S2/c1-25-19-9-5-8-17(12-19)21-23-18(14-27-21)13-26-15-20(24)22-11-10-16-6-3-2-4-7-16/h2-9,12,14H,10-11,13,15H2,1H3,(H,22,24). The number of hydrogen-bond donors (Lipinski definition) is 1. The van der Waals surface area contributed by atoms with Crippen LogP contribution in [0.2, 0.25) is 0 Å². The smallest absolute Gasteiger partial charge is 0.230 e. The lowest BCUT2D eigenvalue weighted by atomic mass is 10.1. The number of aromatic nitrogens is 1. The van der Waals surface area contributed by atoms with E-state index in [1.165, 1.54) is 5.56 Å². The number of ether oxygens (including phenoxy) is 1. The number of benzene rings is 2. The van der Waals surface area contributed by atoms with Crippen LogP contribution in [0.5, 0.6) is 5.75 Å². The molecule has 0 atom stereocenters. The SMILES string of the molecule is COc1cccc(-c2nc(CSCC(=O)NCCc3ccccc3)cs2)c1. The Hall–Kier alpha value is -2.31. The van der Waals surface area contributed by atoms with E-state index in [9.17, 15) is 4.79 Å². The van der Waals surface area contributed by atoms with E-state index in [0.29, 0.717) is 12.3 Å². The van der Waals surface area contributed by atoms with E-state index >= 15 is 0 Å². The summed E-state index contributed by atoms with van der Waals surface area (Å²) in [6.45, 7) is 0.667. The highest BCUT2D eigenvalue weighted by Gasteiger charge is 2.07. The molecule has 0 saturated heterocycles. The molecule has 0 radical (unpaired) electrons. The first-order valence-corrected chi connectivity index (χ1v) is 10.8. The van der Waals surface area contributed by atoms with Crippen LogP contribution >= 0.6 is 23.1 Å². The third-order valence-electron chi connectivity index (χ3n) is 3.93. The maximum Gasteiger partial charge on any atom is 0.230 e. The molecule has 0 aliphatic carbocycles. The molecule has 4 nitrogen and oxygen atoms in total. The fraction of sp³-hybridized carbons (Fsp3) is 0.238. The molecule has 3 aromatic rings. The van der Waals surface area contributed by atoms with Gasteiger partial charge >= 0.3 is 0 Å². The van der Waals surface area contributed by atoms with Gasteiger partial charge in [-0.05, 0) is 24.1 Å². The fourth-order valence-electron chi connectivity index (χ4n) is 2.55. The molecule has 1 aromatic heterocycles. The van der Waals surface area contributed by atoms with Gasteiger partial charge in [-0.15, -0.1) is 23.1 Å². The van der Waals surface area contributed by atoms with Crippen molar-refractivity contribution in [2.45, 2.75) is 12.2 Å². The Kier molecular flexibility index (Phi) is 7.30. The molecule has 0 aliphatic heterocycles. The van der Waals surface area contributed by atoms with Crippen LogP contribution < -0.4 is 10.1 Å². The average Bonchev–Trinajstić information content (AvgIpc) is 3.18. The zero-order valence-electron chi connectivity index (χ0n) is 15.2. The molecular weight excluding hydrogens is 376 g/mol. The molecule has 1 amide bonds. The number of carbonyl (C=O) groups excluding carboxylic acids is 1. The molecule has 0 bridgehead atoms. The van der Waals surface area contributed by atoms with Crippen LogP contribution in [0.15, 0.2) is 60.0 Å². The van der Waals surface area contributed by atoms with E-state index in [1.54, 1.807) is 30.2 Å². The predicted octanol–water partition coefficient (Wildman–Crippen LogP) is 4.41. The van der Waals surface area contributed by atoms with E-state index in [0.717, 1.165) is 34.2 Å². The summed E-state index contributed by atoms with van der Waals surface area (Å²) in [6, 6.07) is 18.1. The lowest BCUT2D eigenvalue weighted by Gasteiger charge is -2.05. The van der Waals surface area contributed by atoms with Crippen LogP contribution in [0.3, 0.4) is 0 Å². The van der Waals surface area contributed by atoms with Crippen molar-refractivity contribution in [2.24, 2.45) is 0 Å². The lowest BCUT2D eigenvalue weighted by molar-refractivity contribution is -0.118. The number of hydrogen-bond acceptors (Lipinski definition) is 5. The average molecular weight is 399 g/mol. The molecule has 0 saturated carbocycles. The summed E-state index contributed by atoms with van der Waals surface area (Å²) in [5, 5.41) is 5.99. The van der Waals surface area contributed by atoms with E-state index in [1.807, 2.05) is 42.5 Å². The Bertz CT molecular complexity index is 865. The monoisotopic (exact) mass is 398 g/mol. The number of thioether (sulfide) groups is 1. The summed E-state index contributed by atoms with van der Waals surface area (Å²) in [7, 11) is 1.66. The van der Waals surface area contributed by atoms with Crippen molar-refractivity contribution in [1.82, 2.24) is 10.3 Å². The topological polar surface area (TPSA) is 51.2 Å².